The Bertz CT molecular complexity index is 720. The Kier molecular flexibility index (Phi) is 5.47. The van der Waals surface area contributed by atoms with Crippen molar-refractivity contribution in [3.8, 4) is 0 Å². The number of nitrogens with one attached hydrogen (secondary N) is 1. The van der Waals surface area contributed by atoms with Crippen molar-refractivity contribution in [1.82, 2.24) is 9.97 Å². The molecular formula is C18H22Cl2N4. The third-order valence-electron chi connectivity index (χ3n) is 4.43. The summed E-state index contributed by atoms with van der Waals surface area (Å²) in [4.78, 5) is 11.6. The van der Waals surface area contributed by atoms with Crippen LogP contribution in [0.5, 0.6) is 0 Å². The maximum Gasteiger partial charge on any atom is 0.229 e. The molecule has 0 radical (unpaired) electrons. The lowest BCUT2D eigenvalue weighted by Crippen LogP contribution is -2.39. The summed E-state index contributed by atoms with van der Waals surface area (Å²) in [5.41, 5.74) is 1.65. The molecule has 128 valence electrons. The van der Waals surface area contributed by atoms with Crippen molar-refractivity contribution < 1.29 is 0 Å². The molecule has 1 unspecified atom stereocenters. The van der Waals surface area contributed by atoms with E-state index in [0.717, 1.165) is 24.5 Å². The van der Waals surface area contributed by atoms with E-state index in [4.69, 9.17) is 28.2 Å². The van der Waals surface area contributed by atoms with E-state index in [1.807, 2.05) is 19.1 Å². The number of aromatic nitrogens is 2. The Morgan fingerprint density at radius 3 is 2.88 bits per heavy atom. The zero-order chi connectivity index (χ0) is 17.1. The average molecular weight is 365 g/mol. The van der Waals surface area contributed by atoms with E-state index in [2.05, 4.69) is 28.2 Å². The highest BCUT2D eigenvalue weighted by Crippen LogP contribution is 2.32. The molecular weight excluding hydrogens is 343 g/mol. The SMILES string of the molecule is CCC1CCCCN1c1cc(C)nc(Nc2cccc(Cl)c2Cl)n1. The average Bonchev–Trinajstić information content (AvgIpc) is 2.58. The first-order valence-electron chi connectivity index (χ1n) is 8.42. The molecule has 1 atom stereocenters. The highest BCUT2D eigenvalue weighted by molar-refractivity contribution is 6.43. The summed E-state index contributed by atoms with van der Waals surface area (Å²) in [7, 11) is 0. The largest absolute Gasteiger partial charge is 0.353 e. The lowest BCUT2D eigenvalue weighted by atomic mass is 10.00. The molecule has 1 fully saturated rings. The van der Waals surface area contributed by atoms with Crippen LogP contribution in [0.15, 0.2) is 24.3 Å². The second-order valence-corrected chi connectivity index (χ2v) is 6.95. The van der Waals surface area contributed by atoms with Crippen molar-refractivity contribution in [3.63, 3.8) is 0 Å². The molecule has 1 saturated heterocycles. The van der Waals surface area contributed by atoms with Gasteiger partial charge in [-0.15, -0.1) is 0 Å². The van der Waals surface area contributed by atoms with Crippen LogP contribution in [0.4, 0.5) is 17.5 Å². The molecule has 0 spiro atoms. The number of nitrogens with zero attached hydrogens (tertiary/aromatic N) is 3. The molecule has 0 aliphatic carbocycles. The van der Waals surface area contributed by atoms with Crippen LogP contribution in [0, 0.1) is 6.92 Å². The minimum absolute atomic E-state index is 0.482. The first kappa shape index (κ1) is 17.3. The van der Waals surface area contributed by atoms with Gasteiger partial charge in [-0.25, -0.2) is 4.98 Å². The van der Waals surface area contributed by atoms with Crippen LogP contribution in [-0.2, 0) is 0 Å². The Morgan fingerprint density at radius 1 is 1.25 bits per heavy atom. The van der Waals surface area contributed by atoms with Gasteiger partial charge >= 0.3 is 0 Å². The molecule has 1 aliphatic heterocycles. The monoisotopic (exact) mass is 364 g/mol. The first-order chi connectivity index (χ1) is 11.6. The predicted octanol–water partition coefficient (Wildman–Crippen LogP) is 5.60. The van der Waals surface area contributed by atoms with Crippen molar-refractivity contribution in [3.05, 3.63) is 40.0 Å². The molecule has 1 aromatic heterocycles. The van der Waals surface area contributed by atoms with Crippen LogP contribution in [0.25, 0.3) is 0 Å². The second kappa shape index (κ2) is 7.58. The summed E-state index contributed by atoms with van der Waals surface area (Å²) in [6.07, 6.45) is 4.86. The van der Waals surface area contributed by atoms with E-state index in [1.165, 1.54) is 19.3 Å². The van der Waals surface area contributed by atoms with Crippen LogP contribution in [-0.4, -0.2) is 22.6 Å². The van der Waals surface area contributed by atoms with Crippen molar-refractivity contribution in [2.24, 2.45) is 0 Å². The van der Waals surface area contributed by atoms with Crippen LogP contribution >= 0.6 is 23.2 Å². The summed E-state index contributed by atoms with van der Waals surface area (Å²) < 4.78 is 0. The highest BCUT2D eigenvalue weighted by Gasteiger charge is 2.23. The second-order valence-electron chi connectivity index (χ2n) is 6.17. The van der Waals surface area contributed by atoms with E-state index >= 15 is 0 Å². The van der Waals surface area contributed by atoms with Crippen molar-refractivity contribution in [2.75, 3.05) is 16.8 Å². The zero-order valence-electron chi connectivity index (χ0n) is 14.0. The Morgan fingerprint density at radius 2 is 2.08 bits per heavy atom. The minimum Gasteiger partial charge on any atom is -0.353 e. The molecule has 4 nitrogen and oxygen atoms in total. The van der Waals surface area contributed by atoms with Gasteiger partial charge in [0, 0.05) is 24.3 Å². The molecule has 24 heavy (non-hydrogen) atoms. The van der Waals surface area contributed by atoms with Gasteiger partial charge in [-0.2, -0.15) is 4.98 Å². The molecule has 0 saturated carbocycles. The fraction of sp³-hybridized carbons (Fsp3) is 0.444. The first-order valence-corrected chi connectivity index (χ1v) is 9.17. The molecule has 2 aromatic rings. The van der Waals surface area contributed by atoms with E-state index in [1.54, 1.807) is 6.07 Å². The number of anilines is 3. The van der Waals surface area contributed by atoms with E-state index in [-0.39, 0.29) is 0 Å². The number of benzene rings is 1. The van der Waals surface area contributed by atoms with Gasteiger partial charge in [-0.3, -0.25) is 0 Å². The smallest absolute Gasteiger partial charge is 0.229 e. The summed E-state index contributed by atoms with van der Waals surface area (Å²) in [5.74, 6) is 1.53. The number of aryl methyl sites for hydroxylation is 1. The lowest BCUT2D eigenvalue weighted by molar-refractivity contribution is 0.446. The van der Waals surface area contributed by atoms with Crippen molar-refractivity contribution in [2.45, 2.75) is 45.6 Å². The van der Waals surface area contributed by atoms with E-state index in [9.17, 15) is 0 Å². The van der Waals surface area contributed by atoms with Gasteiger partial charge in [-0.05, 0) is 44.7 Å². The van der Waals surface area contributed by atoms with Crippen molar-refractivity contribution in [1.29, 1.82) is 0 Å². The fourth-order valence-corrected chi connectivity index (χ4v) is 3.55. The van der Waals surface area contributed by atoms with E-state index in [0.29, 0.717) is 27.7 Å². The maximum atomic E-state index is 6.26. The van der Waals surface area contributed by atoms with Crippen LogP contribution in [0.3, 0.4) is 0 Å². The topological polar surface area (TPSA) is 41.1 Å². The fourth-order valence-electron chi connectivity index (χ4n) is 3.20. The zero-order valence-corrected chi connectivity index (χ0v) is 15.5. The Balaban J connectivity index is 1.90. The van der Waals surface area contributed by atoms with Gasteiger partial charge in [0.2, 0.25) is 5.95 Å². The van der Waals surface area contributed by atoms with Gasteiger partial charge < -0.3 is 10.2 Å². The summed E-state index contributed by atoms with van der Waals surface area (Å²) in [6, 6.07) is 8.09. The Labute approximate surface area is 153 Å². The molecule has 0 amide bonds. The third-order valence-corrected chi connectivity index (χ3v) is 5.25. The third kappa shape index (κ3) is 3.76. The highest BCUT2D eigenvalue weighted by atomic mass is 35.5. The van der Waals surface area contributed by atoms with Crippen LogP contribution in [0.2, 0.25) is 10.0 Å². The quantitative estimate of drug-likeness (QED) is 0.765. The van der Waals surface area contributed by atoms with Gasteiger partial charge in [0.15, 0.2) is 0 Å². The van der Waals surface area contributed by atoms with Crippen LogP contribution < -0.4 is 10.2 Å². The molecule has 2 heterocycles. The molecule has 3 rings (SSSR count). The number of rotatable bonds is 4. The van der Waals surface area contributed by atoms with Gasteiger partial charge in [0.1, 0.15) is 5.82 Å². The van der Waals surface area contributed by atoms with Gasteiger partial charge in [0.25, 0.3) is 0 Å². The number of hydrogen-bond acceptors (Lipinski definition) is 4. The number of halogens is 2. The predicted molar refractivity (Wildman–Crippen MR) is 102 cm³/mol. The summed E-state index contributed by atoms with van der Waals surface area (Å²) in [6.45, 7) is 5.27. The molecule has 1 N–H and O–H groups in total. The molecule has 0 bridgehead atoms. The van der Waals surface area contributed by atoms with Crippen LogP contribution in [0.1, 0.15) is 38.3 Å². The lowest BCUT2D eigenvalue weighted by Gasteiger charge is -2.36. The van der Waals surface area contributed by atoms with Crippen molar-refractivity contribution >= 4 is 40.7 Å². The normalized spacial score (nSPS) is 17.8. The standard InChI is InChI=1S/C18H22Cl2N4/c1-3-13-7-4-5-10-24(13)16-11-12(2)21-18(23-16)22-15-9-6-8-14(19)17(15)20/h6,8-9,11,13H,3-5,7,10H2,1-2H3,(H,21,22,23). The van der Waals surface area contributed by atoms with E-state index < -0.39 is 0 Å². The number of hydrogen-bond donors (Lipinski definition) is 1. The summed E-state index contributed by atoms with van der Waals surface area (Å²) in [5, 5.41) is 4.19. The maximum absolute atomic E-state index is 6.26. The molecule has 1 aromatic carbocycles. The number of piperidine rings is 1. The van der Waals surface area contributed by atoms with Gasteiger partial charge in [0.05, 0.1) is 15.7 Å². The molecule has 1 aliphatic rings. The van der Waals surface area contributed by atoms with Gasteiger partial charge in [-0.1, -0.05) is 36.2 Å². The Hall–Kier alpha value is -1.52. The minimum atomic E-state index is 0.482. The molecule has 6 heteroatoms. The summed E-state index contributed by atoms with van der Waals surface area (Å²) >= 11 is 12.3.